The van der Waals surface area contributed by atoms with Crippen molar-refractivity contribution in [1.29, 1.82) is 0 Å². The number of thiophene rings is 1. The Morgan fingerprint density at radius 2 is 2.00 bits per heavy atom. The van der Waals surface area contributed by atoms with E-state index in [0.29, 0.717) is 5.75 Å². The number of carbonyl (C=O) groups is 1. The van der Waals surface area contributed by atoms with Gasteiger partial charge in [0.2, 0.25) is 0 Å². The second-order valence-corrected chi connectivity index (χ2v) is 8.99. The topological polar surface area (TPSA) is 17.1 Å². The molecule has 1 nitrogen and oxygen atoms in total. The second-order valence-electron chi connectivity index (χ2n) is 4.22. The third-order valence-electron chi connectivity index (χ3n) is 2.66. The summed E-state index contributed by atoms with van der Waals surface area (Å²) in [6.45, 7) is 4.14. The highest BCUT2D eigenvalue weighted by Crippen LogP contribution is 2.33. The van der Waals surface area contributed by atoms with Crippen molar-refractivity contribution in [2.75, 3.05) is 5.75 Å². The van der Waals surface area contributed by atoms with Crippen LogP contribution >= 0.6 is 55.0 Å². The SMILES string of the molecule is Cc1ccc(C)c(SCC(=O)c2cc(Br)sc2Br)c1. The van der Waals surface area contributed by atoms with E-state index in [-0.39, 0.29) is 5.78 Å². The van der Waals surface area contributed by atoms with Crippen LogP contribution in [0, 0.1) is 13.8 Å². The average molecular weight is 420 g/mol. The predicted molar refractivity (Wildman–Crippen MR) is 90.7 cm³/mol. The van der Waals surface area contributed by atoms with Crippen LogP contribution in [-0.4, -0.2) is 11.5 Å². The third kappa shape index (κ3) is 3.94. The Hall–Kier alpha value is -0.100. The second kappa shape index (κ2) is 6.57. The number of thioether (sulfide) groups is 1. The summed E-state index contributed by atoms with van der Waals surface area (Å²) in [6, 6.07) is 8.19. The average Bonchev–Trinajstić information content (AvgIpc) is 2.69. The van der Waals surface area contributed by atoms with Gasteiger partial charge in [-0.3, -0.25) is 4.79 Å². The zero-order valence-electron chi connectivity index (χ0n) is 10.5. The molecule has 2 aromatic rings. The maximum absolute atomic E-state index is 12.2. The lowest BCUT2D eigenvalue weighted by molar-refractivity contribution is 0.102. The molecule has 1 heterocycles. The molecule has 0 atom stereocenters. The largest absolute Gasteiger partial charge is 0.293 e. The summed E-state index contributed by atoms with van der Waals surface area (Å²) in [5.41, 5.74) is 3.20. The van der Waals surface area contributed by atoms with Crippen LogP contribution in [0.4, 0.5) is 0 Å². The summed E-state index contributed by atoms with van der Waals surface area (Å²) in [4.78, 5) is 13.4. The number of Topliss-reactive ketones (excluding diaryl/α,β-unsaturated/α-hetero) is 1. The lowest BCUT2D eigenvalue weighted by atomic mass is 10.2. The van der Waals surface area contributed by atoms with E-state index < -0.39 is 0 Å². The maximum atomic E-state index is 12.2. The van der Waals surface area contributed by atoms with Crippen molar-refractivity contribution in [2.45, 2.75) is 18.7 Å². The van der Waals surface area contributed by atoms with Gasteiger partial charge in [0, 0.05) is 10.5 Å². The smallest absolute Gasteiger partial charge is 0.175 e. The lowest BCUT2D eigenvalue weighted by Gasteiger charge is -2.06. The van der Waals surface area contributed by atoms with Crippen LogP contribution < -0.4 is 0 Å². The molecule has 100 valence electrons. The molecule has 0 spiro atoms. The molecule has 2 rings (SSSR count). The molecule has 1 aromatic carbocycles. The van der Waals surface area contributed by atoms with Crippen LogP contribution in [0.2, 0.25) is 0 Å². The number of rotatable bonds is 4. The summed E-state index contributed by atoms with van der Waals surface area (Å²) in [6.07, 6.45) is 0. The van der Waals surface area contributed by atoms with Crippen LogP contribution in [0.5, 0.6) is 0 Å². The van der Waals surface area contributed by atoms with Gasteiger partial charge in [-0.05, 0) is 63.4 Å². The van der Waals surface area contributed by atoms with Crippen molar-refractivity contribution in [3.05, 3.63) is 48.5 Å². The van der Waals surface area contributed by atoms with Crippen molar-refractivity contribution >= 4 is 60.7 Å². The van der Waals surface area contributed by atoms with Crippen molar-refractivity contribution in [2.24, 2.45) is 0 Å². The summed E-state index contributed by atoms with van der Waals surface area (Å²) < 4.78 is 1.87. The molecule has 0 N–H and O–H groups in total. The number of benzene rings is 1. The maximum Gasteiger partial charge on any atom is 0.175 e. The van der Waals surface area contributed by atoms with Gasteiger partial charge in [0.15, 0.2) is 5.78 Å². The molecule has 0 aliphatic heterocycles. The fourth-order valence-electron chi connectivity index (χ4n) is 1.61. The molecule has 0 fully saturated rings. The van der Waals surface area contributed by atoms with Gasteiger partial charge in [-0.1, -0.05) is 17.7 Å². The minimum Gasteiger partial charge on any atom is -0.293 e. The van der Waals surface area contributed by atoms with Gasteiger partial charge in [0.05, 0.1) is 13.3 Å². The summed E-state index contributed by atoms with van der Waals surface area (Å²) in [7, 11) is 0. The Morgan fingerprint density at radius 3 is 2.63 bits per heavy atom. The number of hydrogen-bond acceptors (Lipinski definition) is 3. The van der Waals surface area contributed by atoms with E-state index in [9.17, 15) is 4.79 Å². The van der Waals surface area contributed by atoms with E-state index in [2.05, 4.69) is 63.9 Å². The monoisotopic (exact) mass is 418 g/mol. The van der Waals surface area contributed by atoms with Crippen LogP contribution in [-0.2, 0) is 0 Å². The zero-order valence-corrected chi connectivity index (χ0v) is 15.3. The number of halogens is 2. The minimum absolute atomic E-state index is 0.153. The molecule has 0 unspecified atom stereocenters. The summed E-state index contributed by atoms with van der Waals surface area (Å²) in [5.74, 6) is 0.617. The number of carbonyl (C=O) groups excluding carboxylic acids is 1. The van der Waals surface area contributed by atoms with Crippen LogP contribution in [0.3, 0.4) is 0 Å². The van der Waals surface area contributed by atoms with Gasteiger partial charge in [-0.2, -0.15) is 0 Å². The van der Waals surface area contributed by atoms with E-state index in [1.165, 1.54) is 27.4 Å². The normalized spacial score (nSPS) is 10.7. The molecular weight excluding hydrogens is 408 g/mol. The van der Waals surface area contributed by atoms with Crippen molar-refractivity contribution in [1.82, 2.24) is 0 Å². The standard InChI is InChI=1S/C14H12Br2OS2/c1-8-3-4-9(2)12(5-8)18-7-11(17)10-6-13(15)19-14(10)16/h3-6H,7H2,1-2H3. The number of aryl methyl sites for hydroxylation is 2. The molecule has 0 aliphatic carbocycles. The first-order chi connectivity index (χ1) is 8.97. The molecule has 0 amide bonds. The molecular formula is C14H12Br2OS2. The molecule has 0 radical (unpaired) electrons. The third-order valence-corrected chi connectivity index (χ3v) is 6.16. The summed E-state index contributed by atoms with van der Waals surface area (Å²) in [5, 5.41) is 0. The van der Waals surface area contributed by atoms with Gasteiger partial charge in [0.1, 0.15) is 0 Å². The van der Waals surface area contributed by atoms with Crippen LogP contribution in [0.25, 0.3) is 0 Å². The highest BCUT2D eigenvalue weighted by atomic mass is 79.9. The molecule has 0 aliphatic rings. The van der Waals surface area contributed by atoms with Gasteiger partial charge >= 0.3 is 0 Å². The quantitative estimate of drug-likeness (QED) is 0.455. The minimum atomic E-state index is 0.153. The predicted octanol–water partition coefficient (Wildman–Crippen LogP) is 5.86. The molecule has 5 heteroatoms. The van der Waals surface area contributed by atoms with Gasteiger partial charge in [0.25, 0.3) is 0 Å². The van der Waals surface area contributed by atoms with Crippen molar-refractivity contribution < 1.29 is 4.79 Å². The first-order valence-electron chi connectivity index (χ1n) is 5.65. The molecule has 0 saturated heterocycles. The first kappa shape index (κ1) is 15.3. The van der Waals surface area contributed by atoms with Crippen LogP contribution in [0.15, 0.2) is 36.7 Å². The Labute approximate surface area is 138 Å². The van der Waals surface area contributed by atoms with Crippen LogP contribution in [0.1, 0.15) is 21.5 Å². The number of ketones is 1. The Bertz CT molecular complexity index is 620. The first-order valence-corrected chi connectivity index (χ1v) is 9.04. The fourth-order valence-corrected chi connectivity index (χ4v) is 5.48. The molecule has 1 aromatic heterocycles. The van der Waals surface area contributed by atoms with E-state index >= 15 is 0 Å². The molecule has 19 heavy (non-hydrogen) atoms. The van der Waals surface area contributed by atoms with E-state index in [4.69, 9.17) is 0 Å². The lowest BCUT2D eigenvalue weighted by Crippen LogP contribution is -2.01. The summed E-state index contributed by atoms with van der Waals surface area (Å²) >= 11 is 9.96. The number of hydrogen-bond donors (Lipinski definition) is 0. The van der Waals surface area contributed by atoms with Gasteiger partial charge in [-0.15, -0.1) is 23.1 Å². The van der Waals surface area contributed by atoms with Gasteiger partial charge < -0.3 is 0 Å². The van der Waals surface area contributed by atoms with E-state index in [1.807, 2.05) is 6.07 Å². The Morgan fingerprint density at radius 1 is 1.26 bits per heavy atom. The van der Waals surface area contributed by atoms with Crippen molar-refractivity contribution in [3.63, 3.8) is 0 Å². The van der Waals surface area contributed by atoms with Gasteiger partial charge in [-0.25, -0.2) is 0 Å². The fraction of sp³-hybridized carbons (Fsp3) is 0.214. The highest BCUT2D eigenvalue weighted by molar-refractivity contribution is 9.12. The van der Waals surface area contributed by atoms with E-state index in [1.54, 1.807) is 11.8 Å². The highest BCUT2D eigenvalue weighted by Gasteiger charge is 2.14. The Balaban J connectivity index is 2.08. The van der Waals surface area contributed by atoms with E-state index in [0.717, 1.165) is 13.1 Å². The van der Waals surface area contributed by atoms with Crippen molar-refractivity contribution in [3.8, 4) is 0 Å². The molecule has 0 saturated carbocycles. The zero-order chi connectivity index (χ0) is 14.0. The molecule has 0 bridgehead atoms. The Kier molecular flexibility index (Phi) is 5.29.